The SMILES string of the molecule is Cc1ccccc1N(CC(=O)OCC(=O)NC(C)C)S(C)(=O)=O. The lowest BCUT2D eigenvalue weighted by molar-refractivity contribution is -0.147. The van der Waals surface area contributed by atoms with Crippen LogP contribution in [0.25, 0.3) is 0 Å². The van der Waals surface area contributed by atoms with Crippen LogP contribution in [0, 0.1) is 6.92 Å². The Morgan fingerprint density at radius 2 is 1.87 bits per heavy atom. The smallest absolute Gasteiger partial charge is 0.327 e. The van der Waals surface area contributed by atoms with Gasteiger partial charge in [-0.05, 0) is 32.4 Å². The van der Waals surface area contributed by atoms with E-state index in [-0.39, 0.29) is 6.04 Å². The molecule has 1 N–H and O–H groups in total. The van der Waals surface area contributed by atoms with Gasteiger partial charge in [0.2, 0.25) is 10.0 Å². The number of nitrogens with one attached hydrogen (secondary N) is 1. The number of hydrogen-bond acceptors (Lipinski definition) is 5. The molecule has 0 aliphatic heterocycles. The molecule has 0 heterocycles. The van der Waals surface area contributed by atoms with Crippen LogP contribution in [-0.2, 0) is 24.3 Å². The van der Waals surface area contributed by atoms with Gasteiger partial charge in [0.25, 0.3) is 5.91 Å². The number of benzene rings is 1. The number of sulfonamides is 1. The third-order valence-electron chi connectivity index (χ3n) is 2.87. The maximum Gasteiger partial charge on any atom is 0.327 e. The molecule has 0 aliphatic carbocycles. The number of esters is 1. The number of rotatable bonds is 7. The number of ether oxygens (including phenoxy) is 1. The Hall–Kier alpha value is -2.09. The summed E-state index contributed by atoms with van der Waals surface area (Å²) in [6.45, 7) is 4.38. The standard InChI is InChI=1S/C15H22N2O5S/c1-11(2)16-14(18)10-22-15(19)9-17(23(4,20)21)13-8-6-5-7-12(13)3/h5-8,11H,9-10H2,1-4H3,(H,16,18). The molecule has 0 atom stereocenters. The molecule has 1 aromatic carbocycles. The Morgan fingerprint density at radius 1 is 1.26 bits per heavy atom. The average molecular weight is 342 g/mol. The quantitative estimate of drug-likeness (QED) is 0.741. The van der Waals surface area contributed by atoms with Crippen molar-refractivity contribution >= 4 is 27.6 Å². The van der Waals surface area contributed by atoms with Gasteiger partial charge >= 0.3 is 5.97 Å². The normalized spacial score (nSPS) is 11.2. The highest BCUT2D eigenvalue weighted by Crippen LogP contribution is 2.21. The third kappa shape index (κ3) is 6.27. The Bertz CT molecular complexity index is 670. The molecule has 0 spiro atoms. The van der Waals surface area contributed by atoms with Crippen molar-refractivity contribution in [1.29, 1.82) is 0 Å². The van der Waals surface area contributed by atoms with Crippen molar-refractivity contribution in [2.45, 2.75) is 26.8 Å². The fourth-order valence-electron chi connectivity index (χ4n) is 1.90. The van der Waals surface area contributed by atoms with Crippen molar-refractivity contribution in [1.82, 2.24) is 5.32 Å². The first-order valence-corrected chi connectivity index (χ1v) is 8.94. The molecule has 1 rings (SSSR count). The minimum atomic E-state index is -3.66. The summed E-state index contributed by atoms with van der Waals surface area (Å²) in [5, 5.41) is 2.57. The van der Waals surface area contributed by atoms with E-state index >= 15 is 0 Å². The molecule has 1 aromatic rings. The van der Waals surface area contributed by atoms with Crippen LogP contribution in [0.15, 0.2) is 24.3 Å². The van der Waals surface area contributed by atoms with E-state index in [0.29, 0.717) is 11.3 Å². The van der Waals surface area contributed by atoms with Gasteiger partial charge in [0.05, 0.1) is 11.9 Å². The lowest BCUT2D eigenvalue weighted by Gasteiger charge is -2.23. The van der Waals surface area contributed by atoms with E-state index in [4.69, 9.17) is 4.74 Å². The number of para-hydroxylation sites is 1. The largest absolute Gasteiger partial charge is 0.454 e. The molecule has 1 amide bonds. The zero-order valence-corrected chi connectivity index (χ0v) is 14.5. The van der Waals surface area contributed by atoms with E-state index in [2.05, 4.69) is 5.32 Å². The first-order valence-electron chi connectivity index (χ1n) is 7.09. The zero-order chi connectivity index (χ0) is 17.6. The van der Waals surface area contributed by atoms with E-state index in [9.17, 15) is 18.0 Å². The predicted octanol–water partition coefficient (Wildman–Crippen LogP) is 0.829. The van der Waals surface area contributed by atoms with Crippen molar-refractivity contribution in [3.63, 3.8) is 0 Å². The van der Waals surface area contributed by atoms with Crippen molar-refractivity contribution < 1.29 is 22.7 Å². The van der Waals surface area contributed by atoms with Crippen molar-refractivity contribution in [3.05, 3.63) is 29.8 Å². The van der Waals surface area contributed by atoms with Crippen LogP contribution < -0.4 is 9.62 Å². The molecule has 0 unspecified atom stereocenters. The molecule has 0 saturated carbocycles. The van der Waals surface area contributed by atoms with Crippen molar-refractivity contribution in [3.8, 4) is 0 Å². The van der Waals surface area contributed by atoms with Gasteiger partial charge in [-0.2, -0.15) is 0 Å². The maximum atomic E-state index is 11.9. The molecule has 0 bridgehead atoms. The van der Waals surface area contributed by atoms with Crippen molar-refractivity contribution in [2.24, 2.45) is 0 Å². The lowest BCUT2D eigenvalue weighted by atomic mass is 10.2. The van der Waals surface area contributed by atoms with Crippen molar-refractivity contribution in [2.75, 3.05) is 23.7 Å². The number of hydrogen-bond donors (Lipinski definition) is 1. The summed E-state index contributed by atoms with van der Waals surface area (Å²) in [6, 6.07) is 6.74. The monoisotopic (exact) mass is 342 g/mol. The average Bonchev–Trinajstić information content (AvgIpc) is 2.41. The Kier molecular flexibility index (Phi) is 6.56. The van der Waals surface area contributed by atoms with Gasteiger partial charge in [0.1, 0.15) is 6.54 Å². The van der Waals surface area contributed by atoms with Crippen LogP contribution in [0.1, 0.15) is 19.4 Å². The van der Waals surface area contributed by atoms with Crippen LogP contribution in [0.3, 0.4) is 0 Å². The van der Waals surface area contributed by atoms with E-state index in [1.807, 2.05) is 0 Å². The summed E-state index contributed by atoms with van der Waals surface area (Å²) >= 11 is 0. The molecule has 0 radical (unpaired) electrons. The highest BCUT2D eigenvalue weighted by atomic mass is 32.2. The number of nitrogens with zero attached hydrogens (tertiary/aromatic N) is 1. The number of aryl methyl sites for hydroxylation is 1. The number of carbonyl (C=O) groups excluding carboxylic acids is 2. The lowest BCUT2D eigenvalue weighted by Crippen LogP contribution is -2.38. The fourth-order valence-corrected chi connectivity index (χ4v) is 2.80. The van der Waals surface area contributed by atoms with Gasteiger partial charge in [-0.1, -0.05) is 18.2 Å². The molecule has 7 nitrogen and oxygen atoms in total. The Morgan fingerprint density at radius 3 is 2.39 bits per heavy atom. The molecule has 128 valence electrons. The molecule has 0 saturated heterocycles. The molecule has 0 aromatic heterocycles. The second kappa shape index (κ2) is 7.96. The third-order valence-corrected chi connectivity index (χ3v) is 4.00. The second-order valence-corrected chi connectivity index (χ2v) is 7.35. The first kappa shape index (κ1) is 19.0. The summed E-state index contributed by atoms with van der Waals surface area (Å²) in [4.78, 5) is 23.3. The molecule has 23 heavy (non-hydrogen) atoms. The number of carbonyl (C=O) groups is 2. The van der Waals surface area contributed by atoms with Crippen LogP contribution in [-0.4, -0.2) is 45.7 Å². The van der Waals surface area contributed by atoms with E-state index in [1.165, 1.54) is 0 Å². The topological polar surface area (TPSA) is 92.8 Å². The van der Waals surface area contributed by atoms with Crippen LogP contribution >= 0.6 is 0 Å². The second-order valence-electron chi connectivity index (χ2n) is 5.44. The minimum absolute atomic E-state index is 0.0688. The summed E-state index contributed by atoms with van der Waals surface area (Å²) in [6.07, 6.45) is 1.01. The Labute approximate surface area is 136 Å². The zero-order valence-electron chi connectivity index (χ0n) is 13.7. The molecular formula is C15H22N2O5S. The maximum absolute atomic E-state index is 11.9. The van der Waals surface area contributed by atoms with Gasteiger partial charge in [0.15, 0.2) is 6.61 Å². The van der Waals surface area contributed by atoms with Gasteiger partial charge in [-0.25, -0.2) is 8.42 Å². The van der Waals surface area contributed by atoms with E-state index < -0.39 is 35.1 Å². The minimum Gasteiger partial charge on any atom is -0.454 e. The number of anilines is 1. The Balaban J connectivity index is 2.78. The van der Waals surface area contributed by atoms with Crippen LogP contribution in [0.5, 0.6) is 0 Å². The fraction of sp³-hybridized carbons (Fsp3) is 0.467. The summed E-state index contributed by atoms with van der Waals surface area (Å²) in [7, 11) is -3.66. The van der Waals surface area contributed by atoms with E-state index in [1.54, 1.807) is 45.0 Å². The van der Waals surface area contributed by atoms with Gasteiger partial charge < -0.3 is 10.1 Å². The van der Waals surface area contributed by atoms with E-state index in [0.717, 1.165) is 10.6 Å². The van der Waals surface area contributed by atoms with Gasteiger partial charge in [-0.3, -0.25) is 13.9 Å². The van der Waals surface area contributed by atoms with Gasteiger partial charge in [-0.15, -0.1) is 0 Å². The highest BCUT2D eigenvalue weighted by Gasteiger charge is 2.23. The molecule has 0 fully saturated rings. The summed E-state index contributed by atoms with van der Waals surface area (Å²) < 4.78 is 29.7. The summed E-state index contributed by atoms with van der Waals surface area (Å²) in [5.41, 5.74) is 1.11. The van der Waals surface area contributed by atoms with Crippen LogP contribution in [0.2, 0.25) is 0 Å². The molecule has 0 aliphatic rings. The molecular weight excluding hydrogens is 320 g/mol. The predicted molar refractivity (Wildman–Crippen MR) is 87.6 cm³/mol. The number of amides is 1. The first-order chi connectivity index (χ1) is 10.6. The summed E-state index contributed by atoms with van der Waals surface area (Å²) in [5.74, 6) is -1.23. The molecule has 8 heteroatoms. The van der Waals surface area contributed by atoms with Crippen LogP contribution in [0.4, 0.5) is 5.69 Å². The van der Waals surface area contributed by atoms with Gasteiger partial charge in [0, 0.05) is 6.04 Å². The highest BCUT2D eigenvalue weighted by molar-refractivity contribution is 7.92.